The number of piperidine rings is 1. The van der Waals surface area contributed by atoms with Crippen LogP contribution in [0.3, 0.4) is 0 Å². The third-order valence-electron chi connectivity index (χ3n) is 2.19. The fraction of sp³-hybridized carbons (Fsp3) is 0.500. The van der Waals surface area contributed by atoms with E-state index in [-0.39, 0.29) is 17.9 Å². The second-order valence-corrected chi connectivity index (χ2v) is 4.08. The Morgan fingerprint density at radius 1 is 1.67 bits per heavy atom. The molecule has 1 aromatic heterocycles. The smallest absolute Gasteiger partial charge is 0.264 e. The zero-order valence-corrected chi connectivity index (χ0v) is 8.71. The lowest BCUT2D eigenvalue weighted by Crippen LogP contribution is -2.47. The fourth-order valence-electron chi connectivity index (χ4n) is 1.38. The summed E-state index contributed by atoms with van der Waals surface area (Å²) in [7, 11) is 0. The SMILES string of the molecule is O=C1CCC(NC(=O)c2cnns2)CN1. The van der Waals surface area contributed by atoms with Crippen molar-refractivity contribution in [2.45, 2.75) is 18.9 Å². The molecule has 6 nitrogen and oxygen atoms in total. The highest BCUT2D eigenvalue weighted by atomic mass is 32.1. The van der Waals surface area contributed by atoms with Gasteiger partial charge in [-0.1, -0.05) is 4.49 Å². The Balaban J connectivity index is 1.87. The molecular formula is C8H10N4O2S. The van der Waals surface area contributed by atoms with Crippen LogP contribution in [0.2, 0.25) is 0 Å². The summed E-state index contributed by atoms with van der Waals surface area (Å²) in [5.41, 5.74) is 0. The molecule has 80 valence electrons. The Kier molecular flexibility index (Phi) is 2.91. The van der Waals surface area contributed by atoms with Gasteiger partial charge in [0, 0.05) is 19.0 Å². The maximum Gasteiger partial charge on any atom is 0.264 e. The van der Waals surface area contributed by atoms with Crippen molar-refractivity contribution in [3.05, 3.63) is 11.1 Å². The highest BCUT2D eigenvalue weighted by Crippen LogP contribution is 2.06. The van der Waals surface area contributed by atoms with Crippen molar-refractivity contribution >= 4 is 23.3 Å². The number of carbonyl (C=O) groups excluding carboxylic acids is 2. The average molecular weight is 226 g/mol. The Labute approximate surface area is 90.2 Å². The fourth-order valence-corrected chi connectivity index (χ4v) is 1.80. The van der Waals surface area contributed by atoms with Gasteiger partial charge in [-0.15, -0.1) is 5.10 Å². The lowest BCUT2D eigenvalue weighted by Gasteiger charge is -2.22. The van der Waals surface area contributed by atoms with Crippen molar-refractivity contribution in [2.75, 3.05) is 6.54 Å². The van der Waals surface area contributed by atoms with E-state index in [1.54, 1.807) is 0 Å². The number of hydrogen-bond acceptors (Lipinski definition) is 5. The van der Waals surface area contributed by atoms with Gasteiger partial charge >= 0.3 is 0 Å². The number of rotatable bonds is 2. The van der Waals surface area contributed by atoms with Gasteiger partial charge in [0.15, 0.2) is 0 Å². The molecule has 0 aliphatic carbocycles. The predicted molar refractivity (Wildman–Crippen MR) is 53.4 cm³/mol. The minimum absolute atomic E-state index is 0.0114. The maximum atomic E-state index is 11.6. The molecule has 1 aliphatic heterocycles. The van der Waals surface area contributed by atoms with Crippen LogP contribution in [0.1, 0.15) is 22.5 Å². The molecule has 2 N–H and O–H groups in total. The third-order valence-corrected chi connectivity index (χ3v) is 2.85. The number of hydrogen-bond donors (Lipinski definition) is 2. The largest absolute Gasteiger partial charge is 0.354 e. The van der Waals surface area contributed by atoms with E-state index in [9.17, 15) is 9.59 Å². The molecule has 1 unspecified atom stereocenters. The normalized spacial score (nSPS) is 20.8. The molecule has 2 rings (SSSR count). The van der Waals surface area contributed by atoms with Crippen LogP contribution < -0.4 is 10.6 Å². The number of carbonyl (C=O) groups is 2. The van der Waals surface area contributed by atoms with Gasteiger partial charge in [0.2, 0.25) is 5.91 Å². The first-order valence-corrected chi connectivity index (χ1v) is 5.38. The van der Waals surface area contributed by atoms with E-state index >= 15 is 0 Å². The monoisotopic (exact) mass is 226 g/mol. The van der Waals surface area contributed by atoms with E-state index in [1.165, 1.54) is 6.20 Å². The van der Waals surface area contributed by atoms with Crippen LogP contribution >= 0.6 is 11.5 Å². The van der Waals surface area contributed by atoms with Gasteiger partial charge in [-0.3, -0.25) is 9.59 Å². The molecule has 2 amide bonds. The van der Waals surface area contributed by atoms with Crippen molar-refractivity contribution in [2.24, 2.45) is 0 Å². The van der Waals surface area contributed by atoms with Crippen molar-refractivity contribution in [1.29, 1.82) is 0 Å². The van der Waals surface area contributed by atoms with Crippen LogP contribution in [0.4, 0.5) is 0 Å². The molecule has 0 bridgehead atoms. The number of nitrogens with one attached hydrogen (secondary N) is 2. The summed E-state index contributed by atoms with van der Waals surface area (Å²) in [5, 5.41) is 9.11. The highest BCUT2D eigenvalue weighted by molar-refractivity contribution is 7.07. The van der Waals surface area contributed by atoms with Gasteiger partial charge in [-0.05, 0) is 18.0 Å². The lowest BCUT2D eigenvalue weighted by atomic mass is 10.1. The van der Waals surface area contributed by atoms with E-state index in [1.807, 2.05) is 0 Å². The Hall–Kier alpha value is -1.50. The van der Waals surface area contributed by atoms with Crippen molar-refractivity contribution in [3.63, 3.8) is 0 Å². The molecule has 0 saturated carbocycles. The molecule has 1 saturated heterocycles. The zero-order chi connectivity index (χ0) is 10.7. The molecule has 2 heterocycles. The summed E-state index contributed by atoms with van der Waals surface area (Å²) in [4.78, 5) is 22.9. The standard InChI is InChI=1S/C8H10N4O2S/c13-7-2-1-5(3-9-7)11-8(14)6-4-10-12-15-6/h4-5H,1-3H2,(H,9,13)(H,11,14). The van der Waals surface area contributed by atoms with Gasteiger partial charge in [0.1, 0.15) is 4.88 Å². The summed E-state index contributed by atoms with van der Waals surface area (Å²) in [6.07, 6.45) is 2.58. The molecule has 0 spiro atoms. The van der Waals surface area contributed by atoms with Crippen molar-refractivity contribution in [3.8, 4) is 0 Å². The quantitative estimate of drug-likeness (QED) is 0.715. The second-order valence-electron chi connectivity index (χ2n) is 3.29. The summed E-state index contributed by atoms with van der Waals surface area (Å²) < 4.78 is 3.61. The second kappa shape index (κ2) is 4.35. The van der Waals surface area contributed by atoms with Crippen LogP contribution in [0, 0.1) is 0 Å². The minimum atomic E-state index is -0.175. The highest BCUT2D eigenvalue weighted by Gasteiger charge is 2.20. The van der Waals surface area contributed by atoms with Gasteiger partial charge < -0.3 is 10.6 Å². The molecule has 1 aliphatic rings. The molecule has 7 heteroatoms. The first-order chi connectivity index (χ1) is 7.25. The molecule has 15 heavy (non-hydrogen) atoms. The van der Waals surface area contributed by atoms with Crippen molar-refractivity contribution in [1.82, 2.24) is 20.2 Å². The number of aromatic nitrogens is 2. The minimum Gasteiger partial charge on any atom is -0.354 e. The van der Waals surface area contributed by atoms with Crippen LogP contribution in [0.15, 0.2) is 6.20 Å². The molecule has 1 fully saturated rings. The Bertz CT molecular complexity index is 355. The topological polar surface area (TPSA) is 84.0 Å². The molecule has 1 aromatic rings. The summed E-state index contributed by atoms with van der Waals surface area (Å²) in [6.45, 7) is 0.497. The van der Waals surface area contributed by atoms with E-state index in [0.29, 0.717) is 24.3 Å². The van der Waals surface area contributed by atoms with Crippen LogP contribution in [0.25, 0.3) is 0 Å². The van der Waals surface area contributed by atoms with Gasteiger partial charge in [-0.2, -0.15) is 0 Å². The van der Waals surface area contributed by atoms with E-state index < -0.39 is 0 Å². The Morgan fingerprint density at radius 2 is 2.53 bits per heavy atom. The summed E-state index contributed by atoms with van der Waals surface area (Å²) in [6, 6.07) is 0.0114. The molecule has 1 atom stereocenters. The molecule has 0 aromatic carbocycles. The lowest BCUT2D eigenvalue weighted by molar-refractivity contribution is -0.122. The van der Waals surface area contributed by atoms with Crippen molar-refractivity contribution < 1.29 is 9.59 Å². The third kappa shape index (κ3) is 2.50. The number of nitrogens with zero attached hydrogens (tertiary/aromatic N) is 2. The first-order valence-electron chi connectivity index (χ1n) is 4.60. The number of amides is 2. The van der Waals surface area contributed by atoms with Crippen LogP contribution in [-0.4, -0.2) is 34.0 Å². The molecule has 0 radical (unpaired) electrons. The first kappa shape index (κ1) is 10.0. The summed E-state index contributed by atoms with van der Waals surface area (Å²) in [5.74, 6) is -0.133. The Morgan fingerprint density at radius 3 is 3.13 bits per heavy atom. The maximum absolute atomic E-state index is 11.6. The van der Waals surface area contributed by atoms with Gasteiger partial charge in [0.25, 0.3) is 5.91 Å². The average Bonchev–Trinajstić information content (AvgIpc) is 2.74. The van der Waals surface area contributed by atoms with Crippen LogP contribution in [0.5, 0.6) is 0 Å². The van der Waals surface area contributed by atoms with E-state index in [2.05, 4.69) is 20.2 Å². The zero-order valence-electron chi connectivity index (χ0n) is 7.90. The summed E-state index contributed by atoms with van der Waals surface area (Å²) >= 11 is 1.06. The van der Waals surface area contributed by atoms with E-state index in [0.717, 1.165) is 11.5 Å². The predicted octanol–water partition coefficient (Wildman–Crippen LogP) is -0.453. The van der Waals surface area contributed by atoms with Gasteiger partial charge in [0.05, 0.1) is 6.20 Å². The molecular weight excluding hydrogens is 216 g/mol. The van der Waals surface area contributed by atoms with Crippen LogP contribution in [-0.2, 0) is 4.79 Å². The van der Waals surface area contributed by atoms with Gasteiger partial charge in [-0.25, -0.2) is 0 Å². The van der Waals surface area contributed by atoms with E-state index in [4.69, 9.17) is 0 Å².